The Morgan fingerprint density at radius 3 is 1.39 bits per heavy atom. The lowest BCUT2D eigenvalue weighted by molar-refractivity contribution is 0.0662. The van der Waals surface area contributed by atoms with E-state index in [-0.39, 0.29) is 0 Å². The van der Waals surface area contributed by atoms with E-state index in [1.807, 2.05) is 35.7 Å². The molecule has 38 heavy (non-hydrogen) atoms. The Labute approximate surface area is 243 Å². The fourth-order valence-corrected chi connectivity index (χ4v) is 8.82. The smallest absolute Gasteiger partial charge is 0.0409 e. The SMILES string of the molecule is Clc1ccc2c(c1)C[C@@H](N1CCN([C@@H]3Cc4cc(Cl)ccc4Sc4ccccc43)CC1)c1ccccc1S2. The Morgan fingerprint density at radius 1 is 0.526 bits per heavy atom. The van der Waals surface area contributed by atoms with Crippen molar-refractivity contribution in [2.24, 2.45) is 0 Å². The van der Waals surface area contributed by atoms with Gasteiger partial charge in [0, 0.05) is 67.9 Å². The van der Waals surface area contributed by atoms with Crippen LogP contribution in [-0.4, -0.2) is 36.0 Å². The molecule has 0 radical (unpaired) electrons. The summed E-state index contributed by atoms with van der Waals surface area (Å²) in [6.07, 6.45) is 1.99. The fraction of sp³-hybridized carbons (Fsp3) is 0.250. The van der Waals surface area contributed by atoms with Crippen LogP contribution in [0.25, 0.3) is 0 Å². The molecule has 3 heterocycles. The number of piperazine rings is 1. The second-order valence-corrected chi connectivity index (χ2v) is 13.3. The molecule has 0 aromatic heterocycles. The molecule has 1 fully saturated rings. The van der Waals surface area contributed by atoms with Gasteiger partial charge >= 0.3 is 0 Å². The second kappa shape index (κ2) is 10.6. The highest BCUT2D eigenvalue weighted by atomic mass is 35.5. The third kappa shape index (κ3) is 4.81. The maximum absolute atomic E-state index is 6.44. The van der Waals surface area contributed by atoms with Gasteiger partial charge in [0.05, 0.1) is 0 Å². The summed E-state index contributed by atoms with van der Waals surface area (Å²) in [4.78, 5) is 10.8. The molecular formula is C32H28Cl2N2S2. The van der Waals surface area contributed by atoms with E-state index >= 15 is 0 Å². The number of nitrogens with zero attached hydrogens (tertiary/aromatic N) is 2. The molecule has 0 bridgehead atoms. The first kappa shape index (κ1) is 25.1. The lowest BCUT2D eigenvalue weighted by atomic mass is 9.95. The van der Waals surface area contributed by atoms with E-state index in [1.54, 1.807) is 0 Å². The van der Waals surface area contributed by atoms with Gasteiger partial charge in [-0.1, -0.05) is 83.1 Å². The maximum atomic E-state index is 6.44. The molecule has 0 aliphatic carbocycles. The molecule has 0 unspecified atom stereocenters. The number of benzene rings is 4. The van der Waals surface area contributed by atoms with Gasteiger partial charge in [-0.15, -0.1) is 0 Å². The predicted molar refractivity (Wildman–Crippen MR) is 160 cm³/mol. The highest BCUT2D eigenvalue weighted by molar-refractivity contribution is 7.99. The van der Waals surface area contributed by atoms with E-state index < -0.39 is 0 Å². The molecule has 192 valence electrons. The van der Waals surface area contributed by atoms with E-state index in [4.69, 9.17) is 23.2 Å². The van der Waals surface area contributed by atoms with Crippen molar-refractivity contribution in [3.63, 3.8) is 0 Å². The summed E-state index contributed by atoms with van der Waals surface area (Å²) >= 11 is 16.6. The van der Waals surface area contributed by atoms with Crippen LogP contribution in [0, 0.1) is 0 Å². The van der Waals surface area contributed by atoms with Crippen LogP contribution in [0.3, 0.4) is 0 Å². The fourth-order valence-electron chi connectivity index (χ4n) is 6.20. The Kier molecular flexibility index (Phi) is 6.98. The molecular weight excluding hydrogens is 547 g/mol. The average Bonchev–Trinajstić information content (AvgIpc) is 3.21. The zero-order valence-electron chi connectivity index (χ0n) is 20.9. The lowest BCUT2D eigenvalue weighted by Gasteiger charge is -2.43. The maximum Gasteiger partial charge on any atom is 0.0409 e. The highest BCUT2D eigenvalue weighted by Gasteiger charge is 2.34. The third-order valence-electron chi connectivity index (χ3n) is 8.10. The molecule has 0 amide bonds. The van der Waals surface area contributed by atoms with Crippen molar-refractivity contribution in [1.29, 1.82) is 0 Å². The van der Waals surface area contributed by atoms with Gasteiger partial charge in [0.1, 0.15) is 0 Å². The number of halogens is 2. The number of rotatable bonds is 2. The average molecular weight is 576 g/mol. The van der Waals surface area contributed by atoms with Gasteiger partial charge < -0.3 is 0 Å². The first-order valence-corrected chi connectivity index (χ1v) is 15.6. The van der Waals surface area contributed by atoms with E-state index in [1.165, 1.54) is 41.8 Å². The van der Waals surface area contributed by atoms with Crippen LogP contribution < -0.4 is 0 Å². The Balaban J connectivity index is 1.16. The van der Waals surface area contributed by atoms with E-state index in [0.29, 0.717) is 12.1 Å². The molecule has 2 atom stereocenters. The van der Waals surface area contributed by atoms with E-state index in [2.05, 4.69) is 82.6 Å². The minimum atomic E-state index is 0.358. The second-order valence-electron chi connectivity index (χ2n) is 10.3. The van der Waals surface area contributed by atoms with Crippen LogP contribution in [0.15, 0.2) is 105 Å². The van der Waals surface area contributed by atoms with Crippen molar-refractivity contribution < 1.29 is 0 Å². The van der Waals surface area contributed by atoms with Gasteiger partial charge in [-0.3, -0.25) is 9.80 Å². The van der Waals surface area contributed by atoms with Crippen LogP contribution in [0.1, 0.15) is 34.3 Å². The first-order valence-electron chi connectivity index (χ1n) is 13.2. The van der Waals surface area contributed by atoms with Gasteiger partial charge in [0.15, 0.2) is 0 Å². The van der Waals surface area contributed by atoms with Gasteiger partial charge in [0.2, 0.25) is 0 Å². The van der Waals surface area contributed by atoms with Crippen molar-refractivity contribution in [2.75, 3.05) is 26.2 Å². The zero-order chi connectivity index (χ0) is 25.6. The molecule has 1 saturated heterocycles. The zero-order valence-corrected chi connectivity index (χ0v) is 24.1. The van der Waals surface area contributed by atoms with Crippen LogP contribution in [0.2, 0.25) is 10.0 Å². The lowest BCUT2D eigenvalue weighted by Crippen LogP contribution is -2.49. The third-order valence-corrected chi connectivity index (χ3v) is 11.0. The molecule has 3 aliphatic rings. The van der Waals surface area contributed by atoms with E-state index in [9.17, 15) is 0 Å². The molecule has 6 heteroatoms. The van der Waals surface area contributed by atoms with Crippen LogP contribution in [-0.2, 0) is 12.8 Å². The van der Waals surface area contributed by atoms with Gasteiger partial charge in [-0.2, -0.15) is 0 Å². The van der Waals surface area contributed by atoms with Crippen molar-refractivity contribution in [3.8, 4) is 0 Å². The summed E-state index contributed by atoms with van der Waals surface area (Å²) in [6, 6.07) is 31.4. The molecule has 0 saturated carbocycles. The molecule has 0 N–H and O–H groups in total. The summed E-state index contributed by atoms with van der Waals surface area (Å²) in [5.74, 6) is 0. The molecule has 0 spiro atoms. The topological polar surface area (TPSA) is 6.48 Å². The van der Waals surface area contributed by atoms with Crippen LogP contribution in [0.4, 0.5) is 0 Å². The van der Waals surface area contributed by atoms with Gasteiger partial charge in [-0.05, 0) is 83.6 Å². The van der Waals surface area contributed by atoms with Crippen LogP contribution >= 0.6 is 46.7 Å². The minimum absolute atomic E-state index is 0.358. The summed E-state index contributed by atoms with van der Waals surface area (Å²) in [6.45, 7) is 4.20. The van der Waals surface area contributed by atoms with Gasteiger partial charge in [-0.25, -0.2) is 0 Å². The van der Waals surface area contributed by atoms with Gasteiger partial charge in [0.25, 0.3) is 0 Å². The van der Waals surface area contributed by atoms with Crippen molar-refractivity contribution in [3.05, 3.63) is 117 Å². The summed E-state index contributed by atoms with van der Waals surface area (Å²) < 4.78 is 0. The number of hydrogen-bond acceptors (Lipinski definition) is 4. The molecule has 3 aliphatic heterocycles. The highest BCUT2D eigenvalue weighted by Crippen LogP contribution is 2.46. The normalized spacial score (nSPS) is 21.4. The Hall–Kier alpha value is -1.92. The first-order chi connectivity index (χ1) is 18.6. The van der Waals surface area contributed by atoms with Crippen molar-refractivity contribution >= 4 is 46.7 Å². The molecule has 2 nitrogen and oxygen atoms in total. The Bertz CT molecular complexity index is 1390. The monoisotopic (exact) mass is 574 g/mol. The largest absolute Gasteiger partial charge is 0.293 e. The van der Waals surface area contributed by atoms with Crippen LogP contribution in [0.5, 0.6) is 0 Å². The molecule has 7 rings (SSSR count). The van der Waals surface area contributed by atoms with Crippen molar-refractivity contribution in [2.45, 2.75) is 44.5 Å². The standard InChI is InChI=1S/C32H28Cl2N2S2/c33-23-9-11-29-21(17-23)19-27(25-5-1-3-7-31(25)37-29)35-13-15-36(16-14-35)28-20-22-18-24(34)10-12-30(22)38-32-8-4-2-6-26(28)32/h1-12,17-18,27-28H,13-16,19-20H2/t27-,28-/m1/s1. The number of fused-ring (bicyclic) bond motifs is 4. The van der Waals surface area contributed by atoms with E-state index in [0.717, 1.165) is 49.1 Å². The quantitative estimate of drug-likeness (QED) is 0.236. The number of hydrogen-bond donors (Lipinski definition) is 0. The molecule has 4 aromatic rings. The minimum Gasteiger partial charge on any atom is -0.293 e. The molecule has 4 aromatic carbocycles. The predicted octanol–water partition coefficient (Wildman–Crippen LogP) is 8.81. The van der Waals surface area contributed by atoms with Crippen molar-refractivity contribution in [1.82, 2.24) is 9.80 Å². The Morgan fingerprint density at radius 2 is 0.947 bits per heavy atom. The summed E-state index contributed by atoms with van der Waals surface area (Å²) in [5, 5.41) is 1.65. The summed E-state index contributed by atoms with van der Waals surface area (Å²) in [5.41, 5.74) is 5.60. The summed E-state index contributed by atoms with van der Waals surface area (Å²) in [7, 11) is 0.